The first kappa shape index (κ1) is 20.7. The van der Waals surface area contributed by atoms with Crippen LogP contribution >= 0.6 is 45.8 Å². The van der Waals surface area contributed by atoms with Crippen molar-refractivity contribution in [3.63, 3.8) is 0 Å². The van der Waals surface area contributed by atoms with Gasteiger partial charge < -0.3 is 10.2 Å². The molecule has 4 aromatic rings. The summed E-state index contributed by atoms with van der Waals surface area (Å²) in [6.45, 7) is 2.81. The minimum atomic E-state index is 0.0241. The number of nitrogens with one attached hydrogen (secondary N) is 1. The van der Waals surface area contributed by atoms with E-state index in [0.717, 1.165) is 28.1 Å². The van der Waals surface area contributed by atoms with Crippen molar-refractivity contribution in [3.8, 4) is 0 Å². The van der Waals surface area contributed by atoms with Gasteiger partial charge in [0.15, 0.2) is 4.34 Å². The van der Waals surface area contributed by atoms with Crippen molar-refractivity contribution in [2.24, 2.45) is 0 Å². The third kappa shape index (κ3) is 4.55. The van der Waals surface area contributed by atoms with Gasteiger partial charge in [0.2, 0.25) is 11.0 Å². The van der Waals surface area contributed by atoms with E-state index in [4.69, 9.17) is 0 Å². The molecule has 5 nitrogen and oxygen atoms in total. The molecular formula is C22H20N4OS4. The summed E-state index contributed by atoms with van der Waals surface area (Å²) in [5, 5.41) is 16.7. The van der Waals surface area contributed by atoms with Gasteiger partial charge in [-0.3, -0.25) is 4.79 Å². The molecule has 1 N–H and O–H groups in total. The average molecular weight is 485 g/mol. The molecule has 0 saturated heterocycles. The van der Waals surface area contributed by atoms with Crippen molar-refractivity contribution >= 4 is 62.5 Å². The van der Waals surface area contributed by atoms with E-state index >= 15 is 0 Å². The number of thioether (sulfide) groups is 1. The highest BCUT2D eigenvalue weighted by molar-refractivity contribution is 8.01. The van der Waals surface area contributed by atoms with E-state index in [1.54, 1.807) is 22.7 Å². The summed E-state index contributed by atoms with van der Waals surface area (Å²) in [6, 6.07) is 14.5. The van der Waals surface area contributed by atoms with Crippen LogP contribution in [0.2, 0.25) is 0 Å². The molecule has 31 heavy (non-hydrogen) atoms. The first-order valence-corrected chi connectivity index (χ1v) is 13.4. The van der Waals surface area contributed by atoms with Crippen LogP contribution in [0.5, 0.6) is 0 Å². The number of aromatic nitrogens is 2. The van der Waals surface area contributed by atoms with Gasteiger partial charge in [-0.25, -0.2) is 0 Å². The zero-order valence-electron chi connectivity index (χ0n) is 16.8. The molecule has 4 heterocycles. The minimum Gasteiger partial charge on any atom is -0.330 e. The molecular weight excluding hydrogens is 465 g/mol. The summed E-state index contributed by atoms with van der Waals surface area (Å²) in [5.41, 5.74) is 3.45. The number of thiophene rings is 2. The maximum atomic E-state index is 13.2. The molecule has 1 atom stereocenters. The second kappa shape index (κ2) is 9.12. The molecule has 5 rings (SSSR count). The Bertz CT molecular complexity index is 1180. The number of carbonyl (C=O) groups excluding carboxylic acids is 1. The number of amides is 1. The van der Waals surface area contributed by atoms with E-state index < -0.39 is 0 Å². The number of benzene rings is 1. The van der Waals surface area contributed by atoms with Crippen LogP contribution in [0.15, 0.2) is 57.6 Å². The lowest BCUT2D eigenvalue weighted by Gasteiger charge is -2.35. The Morgan fingerprint density at radius 2 is 2.13 bits per heavy atom. The maximum Gasteiger partial charge on any atom is 0.233 e. The standard InChI is InChI=1S/C22H20N4OS4/c1-14-4-2-5-15(12-14)23-21-24-25-22(31-21)30-13-19(27)26-9-7-17-16(8-11-29-17)20(26)18-6-3-10-28-18/h2-6,8,10-12,20H,7,9,13H2,1H3,(H,23,24)/t20-/m1/s1. The largest absolute Gasteiger partial charge is 0.330 e. The van der Waals surface area contributed by atoms with Crippen molar-refractivity contribution < 1.29 is 4.79 Å². The number of carbonyl (C=O) groups is 1. The van der Waals surface area contributed by atoms with Gasteiger partial charge in [-0.1, -0.05) is 41.3 Å². The van der Waals surface area contributed by atoms with Crippen molar-refractivity contribution in [2.45, 2.75) is 23.7 Å². The van der Waals surface area contributed by atoms with Crippen LogP contribution in [0.1, 0.15) is 26.9 Å². The summed E-state index contributed by atoms with van der Waals surface area (Å²) in [6.07, 6.45) is 0.925. The quantitative estimate of drug-likeness (QED) is 0.341. The van der Waals surface area contributed by atoms with Crippen LogP contribution in [0.3, 0.4) is 0 Å². The highest BCUT2D eigenvalue weighted by atomic mass is 32.2. The Labute approximate surface area is 197 Å². The molecule has 0 aliphatic carbocycles. The number of rotatable bonds is 6. The predicted octanol–water partition coefficient (Wildman–Crippen LogP) is 5.98. The average Bonchev–Trinajstić information content (AvgIpc) is 3.53. The fourth-order valence-corrected chi connectivity index (χ4v) is 7.13. The van der Waals surface area contributed by atoms with Gasteiger partial charge in [-0.2, -0.15) is 0 Å². The summed E-state index contributed by atoms with van der Waals surface area (Å²) >= 11 is 6.44. The molecule has 1 aliphatic heterocycles. The number of hydrogen-bond donors (Lipinski definition) is 1. The molecule has 1 amide bonds. The lowest BCUT2D eigenvalue weighted by molar-refractivity contribution is -0.130. The van der Waals surface area contributed by atoms with E-state index in [2.05, 4.69) is 63.5 Å². The molecule has 9 heteroatoms. The van der Waals surface area contributed by atoms with E-state index in [9.17, 15) is 4.79 Å². The van der Waals surface area contributed by atoms with Gasteiger partial charge >= 0.3 is 0 Å². The third-order valence-electron chi connectivity index (χ3n) is 5.09. The van der Waals surface area contributed by atoms with E-state index in [1.165, 1.54) is 44.0 Å². The Kier molecular flexibility index (Phi) is 6.08. The van der Waals surface area contributed by atoms with Crippen LogP contribution < -0.4 is 5.32 Å². The molecule has 1 aromatic carbocycles. The number of anilines is 2. The molecule has 0 spiro atoms. The first-order chi connectivity index (χ1) is 15.2. The van der Waals surface area contributed by atoms with Gasteiger partial charge in [0.05, 0.1) is 11.8 Å². The Balaban J connectivity index is 1.26. The van der Waals surface area contributed by atoms with Crippen LogP contribution in [0.4, 0.5) is 10.8 Å². The van der Waals surface area contributed by atoms with Gasteiger partial charge in [-0.15, -0.1) is 32.9 Å². The molecule has 0 fully saturated rings. The zero-order valence-corrected chi connectivity index (χ0v) is 20.0. The number of aryl methyl sites for hydroxylation is 1. The summed E-state index contributed by atoms with van der Waals surface area (Å²) < 4.78 is 0.796. The topological polar surface area (TPSA) is 58.1 Å². The fourth-order valence-electron chi connectivity index (χ4n) is 3.71. The van der Waals surface area contributed by atoms with Crippen molar-refractivity contribution in [3.05, 3.63) is 74.1 Å². The van der Waals surface area contributed by atoms with E-state index in [1.807, 2.05) is 17.0 Å². The first-order valence-electron chi connectivity index (χ1n) is 9.86. The van der Waals surface area contributed by atoms with Crippen molar-refractivity contribution in [2.75, 3.05) is 17.6 Å². The summed E-state index contributed by atoms with van der Waals surface area (Å²) in [7, 11) is 0. The van der Waals surface area contributed by atoms with E-state index in [0.29, 0.717) is 5.75 Å². The maximum absolute atomic E-state index is 13.2. The summed E-state index contributed by atoms with van der Waals surface area (Å²) in [5.74, 6) is 0.504. The van der Waals surface area contributed by atoms with Gasteiger partial charge in [0.1, 0.15) is 0 Å². The van der Waals surface area contributed by atoms with E-state index in [-0.39, 0.29) is 11.9 Å². The second-order valence-electron chi connectivity index (χ2n) is 7.21. The predicted molar refractivity (Wildman–Crippen MR) is 131 cm³/mol. The Morgan fingerprint density at radius 1 is 1.19 bits per heavy atom. The normalized spacial score (nSPS) is 15.6. The summed E-state index contributed by atoms with van der Waals surface area (Å²) in [4.78, 5) is 17.8. The zero-order chi connectivity index (χ0) is 21.2. The second-order valence-corrected chi connectivity index (χ2v) is 11.4. The SMILES string of the molecule is Cc1cccc(Nc2nnc(SCC(=O)N3CCc4sccc4[C@@H]3c3cccs3)s2)c1. The number of fused-ring (bicyclic) bond motifs is 1. The van der Waals surface area contributed by atoms with Crippen LogP contribution in [-0.2, 0) is 11.2 Å². The Hall–Kier alpha value is -2.20. The highest BCUT2D eigenvalue weighted by Crippen LogP contribution is 2.40. The lowest BCUT2D eigenvalue weighted by atomic mass is 9.98. The third-order valence-corrected chi connectivity index (χ3v) is 8.97. The van der Waals surface area contributed by atoms with Crippen molar-refractivity contribution in [1.82, 2.24) is 15.1 Å². The molecule has 0 unspecified atom stereocenters. The monoisotopic (exact) mass is 484 g/mol. The molecule has 0 bridgehead atoms. The van der Waals surface area contributed by atoms with Gasteiger partial charge in [-0.05, 0) is 59.5 Å². The minimum absolute atomic E-state index is 0.0241. The van der Waals surface area contributed by atoms with Crippen LogP contribution in [0, 0.1) is 6.92 Å². The number of hydrogen-bond acceptors (Lipinski definition) is 8. The lowest BCUT2D eigenvalue weighted by Crippen LogP contribution is -2.40. The number of nitrogens with zero attached hydrogens (tertiary/aromatic N) is 3. The smallest absolute Gasteiger partial charge is 0.233 e. The van der Waals surface area contributed by atoms with Crippen LogP contribution in [-0.4, -0.2) is 33.3 Å². The molecule has 0 radical (unpaired) electrons. The van der Waals surface area contributed by atoms with Crippen molar-refractivity contribution in [1.29, 1.82) is 0 Å². The fraction of sp³-hybridized carbons (Fsp3) is 0.227. The molecule has 158 valence electrons. The van der Waals surface area contributed by atoms with Gasteiger partial charge in [0.25, 0.3) is 0 Å². The molecule has 3 aromatic heterocycles. The molecule has 0 saturated carbocycles. The van der Waals surface area contributed by atoms with Gasteiger partial charge in [0, 0.05) is 22.0 Å². The van der Waals surface area contributed by atoms with Crippen LogP contribution in [0.25, 0.3) is 0 Å². The Morgan fingerprint density at radius 3 is 2.97 bits per heavy atom. The molecule has 1 aliphatic rings. The highest BCUT2D eigenvalue weighted by Gasteiger charge is 2.33.